The fourth-order valence-electron chi connectivity index (χ4n) is 3.97. The van der Waals surface area contributed by atoms with Crippen LogP contribution in [0.1, 0.15) is 29.3 Å². The Labute approximate surface area is 157 Å². The number of aryl methyl sites for hydroxylation is 1. The lowest BCUT2D eigenvalue weighted by Gasteiger charge is -2.25. The van der Waals surface area contributed by atoms with Crippen LogP contribution in [0.25, 0.3) is 10.1 Å². The van der Waals surface area contributed by atoms with E-state index in [0.29, 0.717) is 6.42 Å². The molecule has 1 N–H and O–H groups in total. The van der Waals surface area contributed by atoms with Crippen molar-refractivity contribution in [2.45, 2.75) is 25.9 Å². The summed E-state index contributed by atoms with van der Waals surface area (Å²) in [5.74, 6) is 0.478. The van der Waals surface area contributed by atoms with Gasteiger partial charge in [-0.05, 0) is 29.3 Å². The maximum atomic E-state index is 12.3. The number of thiophene rings is 1. The van der Waals surface area contributed by atoms with E-state index in [0.717, 1.165) is 24.3 Å². The summed E-state index contributed by atoms with van der Waals surface area (Å²) in [6.07, 6.45) is 2.50. The highest BCUT2D eigenvalue weighted by atomic mass is 32.1. The highest BCUT2D eigenvalue weighted by Crippen LogP contribution is 2.38. The lowest BCUT2D eigenvalue weighted by atomic mass is 9.94. The van der Waals surface area contributed by atoms with Crippen molar-refractivity contribution >= 4 is 27.3 Å². The lowest BCUT2D eigenvalue weighted by Crippen LogP contribution is -2.29. The molecule has 136 valence electrons. The standard InChI is InChI=1S/C20H24N4OS/c1-13-17(11-22-24(13)3)20-14(8-19(25)23(20)2)9-21-10-15-12-26-18-7-5-4-6-16(15)18/h4-7,11-12,14,20-21H,8-10H2,1-3H3/t14-,20+/m0/s1. The molecule has 1 amide bonds. The Balaban J connectivity index is 1.48. The second-order valence-electron chi connectivity index (χ2n) is 7.11. The van der Waals surface area contributed by atoms with Crippen molar-refractivity contribution in [1.82, 2.24) is 20.0 Å². The Kier molecular flexibility index (Phi) is 4.54. The van der Waals surface area contributed by atoms with Gasteiger partial charge in [0.15, 0.2) is 0 Å². The molecule has 3 heterocycles. The van der Waals surface area contributed by atoms with Gasteiger partial charge in [0.25, 0.3) is 0 Å². The number of likely N-dealkylation sites (tertiary alicyclic amines) is 1. The van der Waals surface area contributed by atoms with Crippen molar-refractivity contribution in [3.8, 4) is 0 Å². The number of hydrogen-bond acceptors (Lipinski definition) is 4. The summed E-state index contributed by atoms with van der Waals surface area (Å²) in [7, 11) is 3.86. The minimum Gasteiger partial charge on any atom is -0.338 e. The molecule has 26 heavy (non-hydrogen) atoms. The molecule has 1 aromatic carbocycles. The van der Waals surface area contributed by atoms with Crippen molar-refractivity contribution in [1.29, 1.82) is 0 Å². The molecule has 0 bridgehead atoms. The van der Waals surface area contributed by atoms with Crippen molar-refractivity contribution in [2.75, 3.05) is 13.6 Å². The van der Waals surface area contributed by atoms with Crippen LogP contribution in [0.4, 0.5) is 0 Å². The van der Waals surface area contributed by atoms with Crippen molar-refractivity contribution in [2.24, 2.45) is 13.0 Å². The van der Waals surface area contributed by atoms with Crippen LogP contribution in [0.2, 0.25) is 0 Å². The van der Waals surface area contributed by atoms with E-state index in [2.05, 4.69) is 47.0 Å². The van der Waals surface area contributed by atoms with Gasteiger partial charge in [-0.25, -0.2) is 0 Å². The smallest absolute Gasteiger partial charge is 0.223 e. The van der Waals surface area contributed by atoms with Crippen LogP contribution in [0, 0.1) is 12.8 Å². The molecule has 1 fully saturated rings. The number of nitrogens with zero attached hydrogens (tertiary/aromatic N) is 3. The quantitative estimate of drug-likeness (QED) is 0.752. The Morgan fingerprint density at radius 1 is 1.31 bits per heavy atom. The van der Waals surface area contributed by atoms with E-state index < -0.39 is 0 Å². The molecule has 3 aromatic rings. The second-order valence-corrected chi connectivity index (χ2v) is 8.02. The third-order valence-corrected chi connectivity index (χ3v) is 6.58. The van der Waals surface area contributed by atoms with Crippen LogP contribution in [0.3, 0.4) is 0 Å². The van der Waals surface area contributed by atoms with Crippen LogP contribution >= 0.6 is 11.3 Å². The van der Waals surface area contributed by atoms with Crippen molar-refractivity contribution in [3.63, 3.8) is 0 Å². The first-order chi connectivity index (χ1) is 12.6. The molecule has 0 unspecified atom stereocenters. The topological polar surface area (TPSA) is 50.2 Å². The predicted molar refractivity (Wildman–Crippen MR) is 105 cm³/mol. The first-order valence-corrected chi connectivity index (χ1v) is 9.84. The molecule has 0 saturated carbocycles. The fourth-order valence-corrected chi connectivity index (χ4v) is 4.93. The third-order valence-electron chi connectivity index (χ3n) is 5.57. The number of rotatable bonds is 5. The third kappa shape index (κ3) is 2.93. The Morgan fingerprint density at radius 3 is 2.88 bits per heavy atom. The number of carbonyl (C=O) groups excluding carboxylic acids is 1. The van der Waals surface area contributed by atoms with Gasteiger partial charge in [-0.1, -0.05) is 18.2 Å². The molecule has 4 rings (SSSR count). The summed E-state index contributed by atoms with van der Waals surface area (Å²) in [6.45, 7) is 3.72. The van der Waals surface area contributed by atoms with Gasteiger partial charge in [-0.2, -0.15) is 5.10 Å². The minimum atomic E-state index is 0.0999. The Morgan fingerprint density at radius 2 is 2.12 bits per heavy atom. The zero-order chi connectivity index (χ0) is 18.3. The molecule has 1 aliphatic rings. The summed E-state index contributed by atoms with van der Waals surface area (Å²) >= 11 is 1.79. The van der Waals surface area contributed by atoms with Crippen LogP contribution in [-0.4, -0.2) is 34.2 Å². The molecule has 0 spiro atoms. The number of aromatic nitrogens is 2. The largest absolute Gasteiger partial charge is 0.338 e. The fraction of sp³-hybridized carbons (Fsp3) is 0.400. The molecule has 2 aromatic heterocycles. The number of carbonyl (C=O) groups is 1. The van der Waals surface area contributed by atoms with E-state index in [1.54, 1.807) is 11.3 Å². The van der Waals surface area contributed by atoms with Crippen LogP contribution < -0.4 is 5.32 Å². The number of nitrogens with one attached hydrogen (secondary N) is 1. The summed E-state index contributed by atoms with van der Waals surface area (Å²) in [6, 6.07) is 8.61. The van der Waals surface area contributed by atoms with E-state index in [9.17, 15) is 4.79 Å². The molecule has 6 heteroatoms. The zero-order valence-corrected chi connectivity index (χ0v) is 16.2. The molecule has 5 nitrogen and oxygen atoms in total. The zero-order valence-electron chi connectivity index (χ0n) is 15.4. The van der Waals surface area contributed by atoms with E-state index in [1.807, 2.05) is 29.9 Å². The first-order valence-electron chi connectivity index (χ1n) is 8.96. The van der Waals surface area contributed by atoms with E-state index in [4.69, 9.17) is 0 Å². The minimum absolute atomic E-state index is 0.0999. The maximum Gasteiger partial charge on any atom is 0.223 e. The molecule has 1 aliphatic heterocycles. The molecule has 0 radical (unpaired) electrons. The predicted octanol–water partition coefficient (Wildman–Crippen LogP) is 3.25. The number of amides is 1. The summed E-state index contributed by atoms with van der Waals surface area (Å²) in [5.41, 5.74) is 3.62. The lowest BCUT2D eigenvalue weighted by molar-refractivity contribution is -0.127. The number of fused-ring (bicyclic) bond motifs is 1. The van der Waals surface area contributed by atoms with Crippen LogP contribution in [0.15, 0.2) is 35.8 Å². The van der Waals surface area contributed by atoms with E-state index in [1.165, 1.54) is 15.6 Å². The average molecular weight is 369 g/mol. The van der Waals surface area contributed by atoms with Gasteiger partial charge in [-0.3, -0.25) is 9.48 Å². The van der Waals surface area contributed by atoms with Gasteiger partial charge < -0.3 is 10.2 Å². The van der Waals surface area contributed by atoms with Gasteiger partial charge in [0.2, 0.25) is 5.91 Å². The van der Waals surface area contributed by atoms with Gasteiger partial charge in [0, 0.05) is 55.5 Å². The summed E-state index contributed by atoms with van der Waals surface area (Å²) < 4.78 is 3.21. The molecule has 0 aliphatic carbocycles. The molecule has 1 saturated heterocycles. The molecular weight excluding hydrogens is 344 g/mol. The molecule has 2 atom stereocenters. The number of benzene rings is 1. The normalized spacial score (nSPS) is 20.4. The van der Waals surface area contributed by atoms with E-state index >= 15 is 0 Å². The SMILES string of the molecule is Cc1c([C@H]2[C@H](CNCc3csc4ccccc34)CC(=O)N2C)cnn1C. The highest BCUT2D eigenvalue weighted by molar-refractivity contribution is 7.17. The monoisotopic (exact) mass is 368 g/mol. The van der Waals surface area contributed by atoms with Gasteiger partial charge in [0.05, 0.1) is 12.2 Å². The Hall–Kier alpha value is -2.18. The van der Waals surface area contributed by atoms with Crippen molar-refractivity contribution < 1.29 is 4.79 Å². The van der Waals surface area contributed by atoms with Crippen LogP contribution in [0.5, 0.6) is 0 Å². The highest BCUT2D eigenvalue weighted by Gasteiger charge is 2.39. The van der Waals surface area contributed by atoms with Crippen molar-refractivity contribution in [3.05, 3.63) is 52.7 Å². The average Bonchev–Trinajstić information content (AvgIpc) is 3.27. The number of hydrogen-bond donors (Lipinski definition) is 1. The van der Waals surface area contributed by atoms with Crippen LogP contribution in [-0.2, 0) is 18.4 Å². The summed E-state index contributed by atoms with van der Waals surface area (Å²) in [4.78, 5) is 14.2. The molecular formula is C20H24N4OS. The van der Waals surface area contributed by atoms with Gasteiger partial charge >= 0.3 is 0 Å². The maximum absolute atomic E-state index is 12.3. The Bertz CT molecular complexity index is 944. The second kappa shape index (κ2) is 6.85. The van der Waals surface area contributed by atoms with E-state index in [-0.39, 0.29) is 17.9 Å². The first kappa shape index (κ1) is 17.2. The van der Waals surface area contributed by atoms with Gasteiger partial charge in [0.1, 0.15) is 0 Å². The summed E-state index contributed by atoms with van der Waals surface area (Å²) in [5, 5.41) is 11.5. The van der Waals surface area contributed by atoms with Gasteiger partial charge in [-0.15, -0.1) is 11.3 Å².